The number of likely N-dealkylation sites (tertiary alicyclic amines) is 1. The van der Waals surface area contributed by atoms with E-state index in [-0.39, 0.29) is 11.9 Å². The molecule has 1 aromatic carbocycles. The molecule has 2 heterocycles. The van der Waals surface area contributed by atoms with Crippen LogP contribution in [0.2, 0.25) is 0 Å². The van der Waals surface area contributed by atoms with E-state index in [9.17, 15) is 4.79 Å². The van der Waals surface area contributed by atoms with Gasteiger partial charge >= 0.3 is 0 Å². The SMILES string of the molecule is Cc1nc(C(=O)NC[C@H](c2ccccc2)N2CCCCCC2)cs1. The lowest BCUT2D eigenvalue weighted by Crippen LogP contribution is -2.38. The van der Waals surface area contributed by atoms with Crippen molar-refractivity contribution in [2.24, 2.45) is 0 Å². The van der Waals surface area contributed by atoms with E-state index >= 15 is 0 Å². The summed E-state index contributed by atoms with van der Waals surface area (Å²) in [6.07, 6.45) is 5.09. The van der Waals surface area contributed by atoms with Crippen LogP contribution in [0, 0.1) is 6.92 Å². The first-order valence-corrected chi connectivity index (χ1v) is 9.61. The topological polar surface area (TPSA) is 45.2 Å². The molecule has 1 fully saturated rings. The van der Waals surface area contributed by atoms with Crippen LogP contribution in [-0.4, -0.2) is 35.4 Å². The number of aryl methyl sites for hydroxylation is 1. The Bertz CT molecular complexity index is 648. The fraction of sp³-hybridized carbons (Fsp3) is 0.474. The average Bonchev–Trinajstić information content (AvgIpc) is 2.87. The highest BCUT2D eigenvalue weighted by Gasteiger charge is 2.22. The van der Waals surface area contributed by atoms with E-state index in [1.165, 1.54) is 42.6 Å². The summed E-state index contributed by atoms with van der Waals surface area (Å²) >= 11 is 1.51. The van der Waals surface area contributed by atoms with Crippen LogP contribution in [0.4, 0.5) is 0 Å². The molecule has 24 heavy (non-hydrogen) atoms. The van der Waals surface area contributed by atoms with Crippen molar-refractivity contribution in [1.29, 1.82) is 0 Å². The van der Waals surface area contributed by atoms with E-state index < -0.39 is 0 Å². The monoisotopic (exact) mass is 343 g/mol. The van der Waals surface area contributed by atoms with Gasteiger partial charge in [-0.3, -0.25) is 9.69 Å². The summed E-state index contributed by atoms with van der Waals surface area (Å²) in [4.78, 5) is 19.2. The Morgan fingerprint density at radius 2 is 1.92 bits per heavy atom. The molecule has 1 N–H and O–H groups in total. The molecule has 2 aromatic rings. The van der Waals surface area contributed by atoms with Crippen molar-refractivity contribution in [2.75, 3.05) is 19.6 Å². The Morgan fingerprint density at radius 1 is 1.21 bits per heavy atom. The number of nitrogens with one attached hydrogen (secondary N) is 1. The summed E-state index contributed by atoms with van der Waals surface area (Å²) < 4.78 is 0. The lowest BCUT2D eigenvalue weighted by molar-refractivity contribution is 0.0929. The number of rotatable bonds is 5. The summed E-state index contributed by atoms with van der Waals surface area (Å²) in [5.74, 6) is -0.0740. The molecular weight excluding hydrogens is 318 g/mol. The Morgan fingerprint density at radius 3 is 2.54 bits per heavy atom. The van der Waals surface area contributed by atoms with Gasteiger partial charge in [0.1, 0.15) is 5.69 Å². The molecule has 1 atom stereocenters. The fourth-order valence-electron chi connectivity index (χ4n) is 3.29. The van der Waals surface area contributed by atoms with Crippen molar-refractivity contribution < 1.29 is 4.79 Å². The van der Waals surface area contributed by atoms with E-state index in [2.05, 4.69) is 39.5 Å². The van der Waals surface area contributed by atoms with Crippen molar-refractivity contribution >= 4 is 17.2 Å². The zero-order valence-electron chi connectivity index (χ0n) is 14.2. The summed E-state index contributed by atoms with van der Waals surface area (Å²) in [5, 5.41) is 5.84. The van der Waals surface area contributed by atoms with Gasteiger partial charge in [-0.05, 0) is 38.4 Å². The van der Waals surface area contributed by atoms with Crippen LogP contribution in [-0.2, 0) is 0 Å². The lowest BCUT2D eigenvalue weighted by atomic mass is 10.0. The van der Waals surface area contributed by atoms with Crippen LogP contribution < -0.4 is 5.32 Å². The average molecular weight is 343 g/mol. The highest BCUT2D eigenvalue weighted by Crippen LogP contribution is 2.23. The number of benzene rings is 1. The van der Waals surface area contributed by atoms with Crippen molar-refractivity contribution in [3.8, 4) is 0 Å². The third-order valence-electron chi connectivity index (χ3n) is 4.57. The van der Waals surface area contributed by atoms with Crippen LogP contribution in [0.25, 0.3) is 0 Å². The minimum absolute atomic E-state index is 0.0740. The quantitative estimate of drug-likeness (QED) is 0.898. The third kappa shape index (κ3) is 4.42. The second-order valence-corrected chi connectivity index (χ2v) is 7.40. The van der Waals surface area contributed by atoms with Gasteiger partial charge in [0.15, 0.2) is 0 Å². The number of hydrogen-bond donors (Lipinski definition) is 1. The minimum atomic E-state index is -0.0740. The lowest BCUT2D eigenvalue weighted by Gasteiger charge is -2.31. The van der Waals surface area contributed by atoms with Crippen LogP contribution in [0.15, 0.2) is 35.7 Å². The van der Waals surface area contributed by atoms with Crippen LogP contribution in [0.1, 0.15) is 52.8 Å². The molecule has 0 saturated carbocycles. The van der Waals surface area contributed by atoms with E-state index in [0.29, 0.717) is 12.2 Å². The van der Waals surface area contributed by atoms with Gasteiger partial charge in [0, 0.05) is 11.9 Å². The molecule has 0 bridgehead atoms. The van der Waals surface area contributed by atoms with Gasteiger partial charge in [-0.1, -0.05) is 43.2 Å². The fourth-order valence-corrected chi connectivity index (χ4v) is 3.88. The normalized spacial score (nSPS) is 17.2. The molecule has 1 aromatic heterocycles. The predicted molar refractivity (Wildman–Crippen MR) is 98.4 cm³/mol. The number of carbonyl (C=O) groups excluding carboxylic acids is 1. The molecule has 0 aliphatic carbocycles. The Labute approximate surface area is 147 Å². The van der Waals surface area contributed by atoms with E-state index in [4.69, 9.17) is 0 Å². The van der Waals surface area contributed by atoms with Crippen LogP contribution >= 0.6 is 11.3 Å². The first-order valence-electron chi connectivity index (χ1n) is 8.73. The van der Waals surface area contributed by atoms with Crippen molar-refractivity contribution in [1.82, 2.24) is 15.2 Å². The maximum atomic E-state index is 12.4. The van der Waals surface area contributed by atoms with Crippen LogP contribution in [0.5, 0.6) is 0 Å². The molecule has 1 aliphatic heterocycles. The van der Waals surface area contributed by atoms with Crippen molar-refractivity contribution in [3.05, 3.63) is 52.0 Å². The standard InChI is InChI=1S/C19H25N3OS/c1-15-21-17(14-24-15)19(23)20-13-18(16-9-5-4-6-10-16)22-11-7-2-3-8-12-22/h4-6,9-10,14,18H,2-3,7-8,11-13H2,1H3,(H,20,23)/t18-/m1/s1. The number of nitrogens with zero attached hydrogens (tertiary/aromatic N) is 2. The van der Waals surface area contributed by atoms with Gasteiger partial charge in [0.2, 0.25) is 0 Å². The maximum Gasteiger partial charge on any atom is 0.270 e. The molecule has 0 unspecified atom stereocenters. The van der Waals surface area contributed by atoms with Crippen LogP contribution in [0.3, 0.4) is 0 Å². The molecule has 3 rings (SSSR count). The maximum absolute atomic E-state index is 12.4. The molecule has 1 amide bonds. The predicted octanol–water partition coefficient (Wildman–Crippen LogP) is 3.80. The van der Waals surface area contributed by atoms with Crippen molar-refractivity contribution in [2.45, 2.75) is 38.6 Å². The van der Waals surface area contributed by atoms with E-state index in [1.54, 1.807) is 0 Å². The highest BCUT2D eigenvalue weighted by molar-refractivity contribution is 7.09. The zero-order valence-corrected chi connectivity index (χ0v) is 15.0. The van der Waals surface area contributed by atoms with E-state index in [0.717, 1.165) is 18.1 Å². The summed E-state index contributed by atoms with van der Waals surface area (Å²) in [6.45, 7) is 4.75. The molecule has 0 spiro atoms. The Kier molecular flexibility index (Phi) is 5.99. The summed E-state index contributed by atoms with van der Waals surface area (Å²) in [6, 6.07) is 10.7. The van der Waals surface area contributed by atoms with E-state index in [1.807, 2.05) is 18.4 Å². The second kappa shape index (κ2) is 8.40. The molecular formula is C19H25N3OS. The molecule has 4 nitrogen and oxygen atoms in total. The molecule has 1 saturated heterocycles. The Balaban J connectivity index is 1.71. The zero-order chi connectivity index (χ0) is 16.8. The number of aromatic nitrogens is 1. The second-order valence-electron chi connectivity index (χ2n) is 6.34. The Hall–Kier alpha value is -1.72. The first kappa shape index (κ1) is 17.1. The van der Waals surface area contributed by atoms with Gasteiger partial charge < -0.3 is 5.32 Å². The molecule has 0 radical (unpaired) electrons. The van der Waals surface area contributed by atoms with Gasteiger partial charge in [-0.2, -0.15) is 0 Å². The number of hydrogen-bond acceptors (Lipinski definition) is 4. The molecule has 5 heteroatoms. The van der Waals surface area contributed by atoms with Gasteiger partial charge in [0.05, 0.1) is 11.0 Å². The summed E-state index contributed by atoms with van der Waals surface area (Å²) in [7, 11) is 0. The highest BCUT2D eigenvalue weighted by atomic mass is 32.1. The minimum Gasteiger partial charge on any atom is -0.349 e. The van der Waals surface area contributed by atoms with Gasteiger partial charge in [-0.15, -0.1) is 11.3 Å². The molecule has 1 aliphatic rings. The largest absolute Gasteiger partial charge is 0.349 e. The smallest absolute Gasteiger partial charge is 0.270 e. The number of carbonyl (C=O) groups is 1. The first-order chi connectivity index (χ1) is 11.7. The van der Waals surface area contributed by atoms with Gasteiger partial charge in [-0.25, -0.2) is 4.98 Å². The van der Waals surface area contributed by atoms with Gasteiger partial charge in [0.25, 0.3) is 5.91 Å². The summed E-state index contributed by atoms with van der Waals surface area (Å²) in [5.41, 5.74) is 1.80. The van der Waals surface area contributed by atoms with Crippen molar-refractivity contribution in [3.63, 3.8) is 0 Å². The molecule has 128 valence electrons. The number of thiazole rings is 1. The number of amides is 1. The third-order valence-corrected chi connectivity index (χ3v) is 5.35.